The lowest BCUT2D eigenvalue weighted by atomic mass is 9.80. The topological polar surface area (TPSA) is 50.4 Å². The van der Waals surface area contributed by atoms with E-state index in [1.54, 1.807) is 0 Å². The van der Waals surface area contributed by atoms with Gasteiger partial charge in [-0.25, -0.2) is 4.79 Å². The first-order valence-corrected chi connectivity index (χ1v) is 11.9. The lowest BCUT2D eigenvalue weighted by Gasteiger charge is -2.27. The van der Waals surface area contributed by atoms with E-state index in [-0.39, 0.29) is 35.0 Å². The fraction of sp³-hybridized carbons (Fsp3) is 0.536. The van der Waals surface area contributed by atoms with Crippen molar-refractivity contribution >= 4 is 6.09 Å². The van der Waals surface area contributed by atoms with Crippen LogP contribution in [0.4, 0.5) is 4.79 Å². The molecule has 2 aromatic carbocycles. The molecule has 2 N–H and O–H groups in total. The van der Waals surface area contributed by atoms with Crippen LogP contribution in [0.1, 0.15) is 83.1 Å². The van der Waals surface area contributed by atoms with Crippen molar-refractivity contribution in [1.82, 2.24) is 10.6 Å². The molecule has 1 aliphatic heterocycles. The van der Waals surface area contributed by atoms with Crippen molar-refractivity contribution < 1.29 is 9.53 Å². The number of carbonyl (C=O) groups is 1. The molecule has 0 spiro atoms. The third-order valence-electron chi connectivity index (χ3n) is 6.39. The van der Waals surface area contributed by atoms with Crippen molar-refractivity contribution in [3.63, 3.8) is 0 Å². The van der Waals surface area contributed by atoms with Crippen LogP contribution in [0.2, 0.25) is 0 Å². The molecule has 1 unspecified atom stereocenters. The van der Waals surface area contributed by atoms with Gasteiger partial charge in [0.2, 0.25) is 0 Å². The number of rotatable bonds is 5. The smallest absolute Gasteiger partial charge is 0.407 e. The summed E-state index contributed by atoms with van der Waals surface area (Å²) in [7, 11) is 0. The Morgan fingerprint density at radius 1 is 0.938 bits per heavy atom. The second-order valence-corrected chi connectivity index (χ2v) is 11.0. The van der Waals surface area contributed by atoms with Gasteiger partial charge < -0.3 is 15.4 Å². The van der Waals surface area contributed by atoms with Crippen LogP contribution < -0.4 is 10.6 Å². The molecule has 32 heavy (non-hydrogen) atoms. The monoisotopic (exact) mass is 436 g/mol. The lowest BCUT2D eigenvalue weighted by Crippen LogP contribution is -2.30. The van der Waals surface area contributed by atoms with Crippen LogP contribution in [-0.4, -0.2) is 31.3 Å². The zero-order valence-corrected chi connectivity index (χ0v) is 20.8. The summed E-state index contributed by atoms with van der Waals surface area (Å²) in [5, 5.41) is 6.37. The summed E-state index contributed by atoms with van der Waals surface area (Å²) in [5.41, 5.74) is 5.49. The van der Waals surface area contributed by atoms with E-state index in [2.05, 4.69) is 101 Å². The minimum absolute atomic E-state index is 0.114. The van der Waals surface area contributed by atoms with Gasteiger partial charge in [-0.05, 0) is 40.0 Å². The third-order valence-corrected chi connectivity index (χ3v) is 6.39. The first kappa shape index (κ1) is 24.3. The number of ether oxygens (including phenoxy) is 1. The molecule has 1 saturated heterocycles. The second-order valence-electron chi connectivity index (χ2n) is 11.0. The van der Waals surface area contributed by atoms with Crippen molar-refractivity contribution in [3.8, 4) is 0 Å². The number of benzene rings is 2. The highest BCUT2D eigenvalue weighted by Gasteiger charge is 2.34. The van der Waals surface area contributed by atoms with E-state index in [9.17, 15) is 4.79 Å². The van der Waals surface area contributed by atoms with Crippen LogP contribution in [0.5, 0.6) is 0 Å². The number of carbonyl (C=O) groups excluding carboxylic acids is 1. The van der Waals surface area contributed by atoms with E-state index >= 15 is 0 Å². The minimum Gasteiger partial charge on any atom is -0.445 e. The number of amides is 1. The summed E-state index contributed by atoms with van der Waals surface area (Å²) >= 11 is 0. The van der Waals surface area contributed by atoms with Gasteiger partial charge in [0.25, 0.3) is 0 Å². The molecule has 0 saturated carbocycles. The van der Waals surface area contributed by atoms with Crippen LogP contribution in [0.15, 0.2) is 48.5 Å². The largest absolute Gasteiger partial charge is 0.445 e. The molecular formula is C28H40N2O2. The Morgan fingerprint density at radius 3 is 1.81 bits per heavy atom. The predicted molar refractivity (Wildman–Crippen MR) is 132 cm³/mol. The summed E-state index contributed by atoms with van der Waals surface area (Å²) in [5.74, 6) is 0.195. The number of hydrogen-bond acceptors (Lipinski definition) is 3. The van der Waals surface area contributed by atoms with Gasteiger partial charge in [0.15, 0.2) is 0 Å². The van der Waals surface area contributed by atoms with E-state index in [0.29, 0.717) is 13.1 Å². The molecule has 174 valence electrons. The molecule has 4 heteroatoms. The Hall–Kier alpha value is -2.33. The van der Waals surface area contributed by atoms with Gasteiger partial charge >= 0.3 is 6.09 Å². The summed E-state index contributed by atoms with van der Waals surface area (Å²) in [6.07, 6.45) is 0.349. The van der Waals surface area contributed by atoms with E-state index in [4.69, 9.17) is 4.74 Å². The molecule has 0 aromatic heterocycles. The van der Waals surface area contributed by atoms with E-state index < -0.39 is 0 Å². The Labute approximate surface area is 194 Å². The van der Waals surface area contributed by atoms with Crippen LogP contribution in [0, 0.1) is 0 Å². The average Bonchev–Trinajstić information content (AvgIpc) is 3.15. The Kier molecular flexibility index (Phi) is 7.34. The van der Waals surface area contributed by atoms with Crippen molar-refractivity contribution in [1.29, 1.82) is 0 Å². The zero-order valence-electron chi connectivity index (χ0n) is 20.8. The summed E-state index contributed by atoms with van der Waals surface area (Å²) in [4.78, 5) is 11.9. The van der Waals surface area contributed by atoms with Gasteiger partial charge in [-0.15, -0.1) is 0 Å². The summed E-state index contributed by atoms with van der Waals surface area (Å²) in [6.45, 7) is 16.6. The summed E-state index contributed by atoms with van der Waals surface area (Å²) < 4.78 is 5.62. The van der Waals surface area contributed by atoms with E-state index in [0.717, 1.165) is 6.42 Å². The highest BCUT2D eigenvalue weighted by atomic mass is 16.6. The van der Waals surface area contributed by atoms with Gasteiger partial charge in [-0.3, -0.25) is 0 Å². The Morgan fingerprint density at radius 2 is 1.41 bits per heavy atom. The number of hydrogen-bond donors (Lipinski definition) is 2. The van der Waals surface area contributed by atoms with Gasteiger partial charge in [0.05, 0.1) is 0 Å². The molecule has 1 fully saturated rings. The minimum atomic E-state index is -0.333. The Bertz CT molecular complexity index is 832. The lowest BCUT2D eigenvalue weighted by molar-refractivity contribution is 0.106. The highest BCUT2D eigenvalue weighted by Crippen LogP contribution is 2.35. The fourth-order valence-electron chi connectivity index (χ4n) is 4.45. The van der Waals surface area contributed by atoms with Crippen LogP contribution >= 0.6 is 0 Å². The normalized spacial score (nSPS) is 19.2. The molecule has 2 atom stereocenters. The Balaban J connectivity index is 1.89. The second kappa shape index (κ2) is 9.66. The highest BCUT2D eigenvalue weighted by molar-refractivity contribution is 5.67. The van der Waals surface area contributed by atoms with Gasteiger partial charge in [-0.1, -0.05) is 90.1 Å². The van der Waals surface area contributed by atoms with Crippen molar-refractivity contribution in [3.05, 3.63) is 70.8 Å². The molecule has 1 aliphatic rings. The first-order valence-electron chi connectivity index (χ1n) is 11.9. The number of alkyl carbamates (subject to hydrolysis) is 1. The van der Waals surface area contributed by atoms with Gasteiger partial charge in [0.1, 0.15) is 6.10 Å². The SMILES string of the molecule is CCNC(=O)O[C@H]1CNC(C(c2ccc(C(C)(C)C)cc2)c2ccc(C(C)(C)C)cc2)C1. The maximum absolute atomic E-state index is 11.9. The molecule has 0 aliphatic carbocycles. The fourth-order valence-corrected chi connectivity index (χ4v) is 4.45. The number of nitrogens with one attached hydrogen (secondary N) is 2. The quantitative estimate of drug-likeness (QED) is 0.614. The van der Waals surface area contributed by atoms with Gasteiger partial charge in [-0.2, -0.15) is 0 Å². The standard InChI is InChI=1S/C28H40N2O2/c1-8-29-26(31)32-23-17-24(30-18-23)25(19-9-13-21(14-10-19)27(2,3)4)20-11-15-22(16-12-20)28(5,6)7/h9-16,23-25,30H,8,17-18H2,1-7H3,(H,29,31)/t23-,24?/m1/s1. The van der Waals surface area contributed by atoms with Crippen molar-refractivity contribution in [2.24, 2.45) is 0 Å². The molecule has 1 heterocycles. The third kappa shape index (κ3) is 5.92. The zero-order chi connectivity index (χ0) is 23.5. The molecule has 1 amide bonds. The predicted octanol–water partition coefficient (Wildman–Crippen LogP) is 5.89. The molecule has 0 radical (unpaired) electrons. The molecular weight excluding hydrogens is 396 g/mol. The molecule has 4 nitrogen and oxygen atoms in total. The van der Waals surface area contributed by atoms with Gasteiger partial charge in [0, 0.05) is 31.5 Å². The van der Waals surface area contributed by atoms with E-state index in [1.165, 1.54) is 22.3 Å². The van der Waals surface area contributed by atoms with Crippen molar-refractivity contribution in [2.75, 3.05) is 13.1 Å². The van der Waals surface area contributed by atoms with E-state index in [1.807, 2.05) is 6.92 Å². The van der Waals surface area contributed by atoms with Crippen molar-refractivity contribution in [2.45, 2.75) is 83.8 Å². The van der Waals surface area contributed by atoms with Crippen LogP contribution in [0.25, 0.3) is 0 Å². The molecule has 3 rings (SSSR count). The summed E-state index contributed by atoms with van der Waals surface area (Å²) in [6, 6.07) is 18.3. The maximum Gasteiger partial charge on any atom is 0.407 e. The first-order chi connectivity index (χ1) is 15.0. The molecule has 0 bridgehead atoms. The van der Waals surface area contributed by atoms with Crippen LogP contribution in [0.3, 0.4) is 0 Å². The average molecular weight is 437 g/mol. The van der Waals surface area contributed by atoms with Crippen LogP contribution in [-0.2, 0) is 15.6 Å². The molecule has 2 aromatic rings. The maximum atomic E-state index is 11.9.